The molecule has 0 unspecified atom stereocenters. The average molecular weight is 248 g/mol. The molecule has 2 rings (SSSR count). The van der Waals surface area contributed by atoms with Crippen LogP contribution in [0.2, 0.25) is 0 Å². The molecule has 0 fully saturated rings. The molecule has 0 spiro atoms. The van der Waals surface area contributed by atoms with Crippen LogP contribution in [0.4, 0.5) is 11.4 Å². The van der Waals surface area contributed by atoms with Gasteiger partial charge in [-0.25, -0.2) is 0 Å². The van der Waals surface area contributed by atoms with Crippen molar-refractivity contribution in [1.82, 2.24) is 10.9 Å². The van der Waals surface area contributed by atoms with Crippen LogP contribution >= 0.6 is 0 Å². The predicted molar refractivity (Wildman–Crippen MR) is 68.7 cm³/mol. The third-order valence-electron chi connectivity index (χ3n) is 2.83. The van der Waals surface area contributed by atoms with Crippen LogP contribution < -0.4 is 21.5 Å². The van der Waals surface area contributed by atoms with Gasteiger partial charge in [-0.3, -0.25) is 20.4 Å². The Morgan fingerprint density at radius 3 is 2.89 bits per heavy atom. The van der Waals surface area contributed by atoms with Crippen molar-refractivity contribution >= 4 is 23.2 Å². The summed E-state index contributed by atoms with van der Waals surface area (Å²) in [5.41, 5.74) is 13.3. The number of anilines is 2. The lowest BCUT2D eigenvalue weighted by Crippen LogP contribution is -2.45. The Bertz CT molecular complexity index is 487. The second kappa shape index (κ2) is 4.95. The standard InChI is InChI=1S/C12H16N4O2/c1-8(17)14-15-11(18)7-16-6-5-9-3-2-4-10(13)12(9)16/h2-4H,5-7,13H2,1H3,(H,14,17)(H,15,18). The van der Waals surface area contributed by atoms with Crippen LogP contribution in [0.3, 0.4) is 0 Å². The second-order valence-corrected chi connectivity index (χ2v) is 4.26. The summed E-state index contributed by atoms with van der Waals surface area (Å²) >= 11 is 0. The smallest absolute Gasteiger partial charge is 0.257 e. The fourth-order valence-corrected chi connectivity index (χ4v) is 2.09. The van der Waals surface area contributed by atoms with Gasteiger partial charge in [-0.1, -0.05) is 12.1 Å². The Balaban J connectivity index is 2.01. The van der Waals surface area contributed by atoms with E-state index in [4.69, 9.17) is 5.73 Å². The van der Waals surface area contributed by atoms with Crippen LogP contribution in [-0.2, 0) is 16.0 Å². The van der Waals surface area contributed by atoms with E-state index in [1.54, 1.807) is 0 Å². The number of hydrogen-bond donors (Lipinski definition) is 3. The molecular weight excluding hydrogens is 232 g/mol. The van der Waals surface area contributed by atoms with Gasteiger partial charge in [-0.15, -0.1) is 0 Å². The van der Waals surface area contributed by atoms with E-state index in [1.807, 2.05) is 23.1 Å². The third-order valence-corrected chi connectivity index (χ3v) is 2.83. The molecule has 0 aromatic heterocycles. The van der Waals surface area contributed by atoms with E-state index >= 15 is 0 Å². The molecule has 0 saturated heterocycles. The first-order valence-electron chi connectivity index (χ1n) is 5.75. The van der Waals surface area contributed by atoms with E-state index in [-0.39, 0.29) is 18.4 Å². The van der Waals surface area contributed by atoms with Crippen molar-refractivity contribution in [3.8, 4) is 0 Å². The number of nitrogens with zero attached hydrogens (tertiary/aromatic N) is 1. The molecule has 1 aromatic rings. The number of amides is 2. The Kier molecular flexibility index (Phi) is 3.36. The molecular formula is C12H16N4O2. The molecule has 2 amide bonds. The average Bonchev–Trinajstić information content (AvgIpc) is 2.71. The van der Waals surface area contributed by atoms with Gasteiger partial charge >= 0.3 is 0 Å². The van der Waals surface area contributed by atoms with Crippen LogP contribution in [-0.4, -0.2) is 24.9 Å². The fraction of sp³-hybridized carbons (Fsp3) is 0.333. The molecule has 1 aromatic carbocycles. The van der Waals surface area contributed by atoms with Gasteiger partial charge in [0.2, 0.25) is 5.91 Å². The van der Waals surface area contributed by atoms with Crippen molar-refractivity contribution < 1.29 is 9.59 Å². The molecule has 0 radical (unpaired) electrons. The first-order valence-corrected chi connectivity index (χ1v) is 5.75. The summed E-state index contributed by atoms with van der Waals surface area (Å²) in [4.78, 5) is 24.2. The zero-order valence-electron chi connectivity index (χ0n) is 10.2. The van der Waals surface area contributed by atoms with Crippen molar-refractivity contribution in [1.29, 1.82) is 0 Å². The summed E-state index contributed by atoms with van der Waals surface area (Å²) in [6, 6.07) is 5.75. The lowest BCUT2D eigenvalue weighted by Gasteiger charge is -2.20. The van der Waals surface area contributed by atoms with Crippen LogP contribution in [0.15, 0.2) is 18.2 Å². The van der Waals surface area contributed by atoms with E-state index in [9.17, 15) is 9.59 Å². The molecule has 18 heavy (non-hydrogen) atoms. The van der Waals surface area contributed by atoms with Crippen molar-refractivity contribution in [2.24, 2.45) is 0 Å². The summed E-state index contributed by atoms with van der Waals surface area (Å²) in [5.74, 6) is -0.564. The number of para-hydroxylation sites is 1. The van der Waals surface area contributed by atoms with Crippen molar-refractivity contribution in [2.75, 3.05) is 23.7 Å². The van der Waals surface area contributed by atoms with Crippen molar-refractivity contribution in [3.63, 3.8) is 0 Å². The Hall–Kier alpha value is -2.24. The summed E-state index contributed by atoms with van der Waals surface area (Å²) in [6.45, 7) is 2.28. The first-order chi connectivity index (χ1) is 8.58. The molecule has 0 saturated carbocycles. The summed E-state index contributed by atoms with van der Waals surface area (Å²) in [7, 11) is 0. The van der Waals surface area contributed by atoms with E-state index in [0.29, 0.717) is 5.69 Å². The number of nitrogens with two attached hydrogens (primary N) is 1. The highest BCUT2D eigenvalue weighted by atomic mass is 16.2. The Morgan fingerprint density at radius 1 is 1.39 bits per heavy atom. The summed E-state index contributed by atoms with van der Waals surface area (Å²) in [5, 5.41) is 0. The molecule has 0 bridgehead atoms. The van der Waals surface area contributed by atoms with Gasteiger partial charge in [-0.2, -0.15) is 0 Å². The van der Waals surface area contributed by atoms with Crippen LogP contribution in [0.5, 0.6) is 0 Å². The van der Waals surface area contributed by atoms with E-state index in [0.717, 1.165) is 24.2 Å². The maximum absolute atomic E-state index is 11.6. The SMILES string of the molecule is CC(=O)NNC(=O)CN1CCc2cccc(N)c21. The lowest BCUT2D eigenvalue weighted by atomic mass is 10.1. The minimum atomic E-state index is -0.301. The van der Waals surface area contributed by atoms with Gasteiger partial charge in [0.1, 0.15) is 0 Å². The normalized spacial score (nSPS) is 13.1. The lowest BCUT2D eigenvalue weighted by molar-refractivity contribution is -0.127. The van der Waals surface area contributed by atoms with Gasteiger partial charge in [0.05, 0.1) is 17.9 Å². The number of hydrazine groups is 1. The minimum absolute atomic E-state index is 0.182. The number of fused-ring (bicyclic) bond motifs is 1. The highest BCUT2D eigenvalue weighted by Gasteiger charge is 2.22. The van der Waals surface area contributed by atoms with E-state index in [1.165, 1.54) is 6.92 Å². The zero-order chi connectivity index (χ0) is 13.1. The largest absolute Gasteiger partial charge is 0.397 e. The second-order valence-electron chi connectivity index (χ2n) is 4.26. The number of nitrogens with one attached hydrogen (secondary N) is 2. The minimum Gasteiger partial charge on any atom is -0.397 e. The molecule has 6 nitrogen and oxygen atoms in total. The Labute approximate surface area is 105 Å². The zero-order valence-corrected chi connectivity index (χ0v) is 10.2. The highest BCUT2D eigenvalue weighted by molar-refractivity contribution is 5.86. The van der Waals surface area contributed by atoms with Crippen LogP contribution in [0.1, 0.15) is 12.5 Å². The van der Waals surface area contributed by atoms with Gasteiger partial charge in [0.25, 0.3) is 5.91 Å². The van der Waals surface area contributed by atoms with E-state index < -0.39 is 0 Å². The molecule has 1 aliphatic heterocycles. The molecule has 96 valence electrons. The van der Waals surface area contributed by atoms with Crippen molar-refractivity contribution in [3.05, 3.63) is 23.8 Å². The quantitative estimate of drug-likeness (QED) is 0.499. The predicted octanol–water partition coefficient (Wildman–Crippen LogP) is -0.201. The topological polar surface area (TPSA) is 87.5 Å². The maximum atomic E-state index is 11.6. The number of carbonyl (C=O) groups excluding carboxylic acids is 2. The van der Waals surface area contributed by atoms with Gasteiger partial charge in [0, 0.05) is 13.5 Å². The number of carbonyl (C=O) groups is 2. The number of hydrogen-bond acceptors (Lipinski definition) is 4. The van der Waals surface area contributed by atoms with Crippen molar-refractivity contribution in [2.45, 2.75) is 13.3 Å². The molecule has 0 atom stereocenters. The van der Waals surface area contributed by atoms with E-state index in [2.05, 4.69) is 10.9 Å². The molecule has 0 aliphatic carbocycles. The Morgan fingerprint density at radius 2 is 2.17 bits per heavy atom. The highest BCUT2D eigenvalue weighted by Crippen LogP contribution is 2.32. The van der Waals surface area contributed by atoms with Crippen LogP contribution in [0.25, 0.3) is 0 Å². The third kappa shape index (κ3) is 2.53. The monoisotopic (exact) mass is 248 g/mol. The fourth-order valence-electron chi connectivity index (χ4n) is 2.09. The van der Waals surface area contributed by atoms with Gasteiger partial charge in [-0.05, 0) is 18.1 Å². The van der Waals surface area contributed by atoms with Crippen LogP contribution in [0, 0.1) is 0 Å². The maximum Gasteiger partial charge on any atom is 0.257 e. The molecule has 6 heteroatoms. The summed E-state index contributed by atoms with van der Waals surface area (Å²) in [6.07, 6.45) is 0.883. The number of nitrogen functional groups attached to an aromatic ring is 1. The number of rotatable bonds is 2. The molecule has 1 heterocycles. The first kappa shape index (κ1) is 12.2. The summed E-state index contributed by atoms with van der Waals surface area (Å²) < 4.78 is 0. The van der Waals surface area contributed by atoms with Gasteiger partial charge in [0.15, 0.2) is 0 Å². The molecule has 1 aliphatic rings. The van der Waals surface area contributed by atoms with Gasteiger partial charge < -0.3 is 10.6 Å². The number of benzene rings is 1. The molecule has 4 N–H and O–H groups in total.